The van der Waals surface area contributed by atoms with Crippen molar-refractivity contribution in [2.24, 2.45) is 4.99 Å². The number of anilines is 1. The van der Waals surface area contributed by atoms with Crippen molar-refractivity contribution in [3.63, 3.8) is 0 Å². The number of guanidine groups is 1. The molecule has 1 saturated heterocycles. The van der Waals surface area contributed by atoms with Crippen molar-refractivity contribution < 1.29 is 0 Å². The van der Waals surface area contributed by atoms with Gasteiger partial charge >= 0.3 is 0 Å². The summed E-state index contributed by atoms with van der Waals surface area (Å²) in [6, 6.07) is 12.9. The van der Waals surface area contributed by atoms with Gasteiger partial charge in [0.05, 0.1) is 6.54 Å². The summed E-state index contributed by atoms with van der Waals surface area (Å²) in [5.41, 5.74) is 2.69. The SMILES string of the molecule is CN=C(NCCCN1CCN(c2ccccc2)CC1)NCc1sccc1C.I. The van der Waals surface area contributed by atoms with Crippen molar-refractivity contribution >= 4 is 47.0 Å². The first kappa shape index (κ1) is 23.0. The van der Waals surface area contributed by atoms with E-state index in [1.807, 2.05) is 7.05 Å². The predicted molar refractivity (Wildman–Crippen MR) is 132 cm³/mol. The van der Waals surface area contributed by atoms with Crippen molar-refractivity contribution in [3.8, 4) is 0 Å². The van der Waals surface area contributed by atoms with Gasteiger partial charge in [0.1, 0.15) is 0 Å². The number of aryl methyl sites for hydroxylation is 1. The van der Waals surface area contributed by atoms with Crippen LogP contribution >= 0.6 is 35.3 Å². The third-order valence-corrected chi connectivity index (χ3v) is 6.07. The number of benzene rings is 1. The van der Waals surface area contributed by atoms with E-state index in [4.69, 9.17) is 0 Å². The average molecular weight is 513 g/mol. The molecular weight excluding hydrogens is 481 g/mol. The maximum Gasteiger partial charge on any atom is 0.191 e. The smallest absolute Gasteiger partial charge is 0.191 e. The number of nitrogens with one attached hydrogen (secondary N) is 2. The molecule has 0 aliphatic carbocycles. The zero-order chi connectivity index (χ0) is 18.9. The fourth-order valence-corrected chi connectivity index (χ4v) is 4.19. The van der Waals surface area contributed by atoms with Crippen molar-refractivity contribution in [2.45, 2.75) is 19.9 Å². The molecule has 5 nitrogen and oxygen atoms in total. The van der Waals surface area contributed by atoms with E-state index in [0.717, 1.165) is 58.2 Å². The number of hydrogen-bond acceptors (Lipinski definition) is 4. The number of piperazine rings is 1. The van der Waals surface area contributed by atoms with Gasteiger partial charge in [0.15, 0.2) is 5.96 Å². The fraction of sp³-hybridized carbons (Fsp3) is 0.476. The summed E-state index contributed by atoms with van der Waals surface area (Å²) in [6.45, 7) is 9.57. The van der Waals surface area contributed by atoms with Crippen molar-refractivity contribution in [2.75, 3.05) is 51.2 Å². The Morgan fingerprint density at radius 1 is 1.07 bits per heavy atom. The summed E-state index contributed by atoms with van der Waals surface area (Å²) >= 11 is 1.79. The molecule has 0 bridgehead atoms. The van der Waals surface area contributed by atoms with E-state index in [2.05, 4.69) is 74.1 Å². The second kappa shape index (κ2) is 12.3. The lowest BCUT2D eigenvalue weighted by Gasteiger charge is -2.36. The number of rotatable bonds is 7. The highest BCUT2D eigenvalue weighted by Crippen LogP contribution is 2.16. The summed E-state index contributed by atoms with van der Waals surface area (Å²) in [5.74, 6) is 0.886. The van der Waals surface area contributed by atoms with Crippen LogP contribution in [0.3, 0.4) is 0 Å². The van der Waals surface area contributed by atoms with E-state index in [-0.39, 0.29) is 24.0 Å². The van der Waals surface area contributed by atoms with Crippen LogP contribution in [0, 0.1) is 6.92 Å². The molecule has 0 saturated carbocycles. The van der Waals surface area contributed by atoms with E-state index in [0.29, 0.717) is 0 Å². The van der Waals surface area contributed by atoms with Crippen LogP contribution < -0.4 is 15.5 Å². The predicted octanol–water partition coefficient (Wildman–Crippen LogP) is 3.55. The van der Waals surface area contributed by atoms with Gasteiger partial charge in [-0.25, -0.2) is 0 Å². The Labute approximate surface area is 190 Å². The minimum absolute atomic E-state index is 0. The summed E-state index contributed by atoms with van der Waals surface area (Å²) < 4.78 is 0. The summed E-state index contributed by atoms with van der Waals surface area (Å²) in [5, 5.41) is 8.98. The van der Waals surface area contributed by atoms with Crippen LogP contribution in [0.25, 0.3) is 0 Å². The van der Waals surface area contributed by atoms with Gasteiger partial charge in [0, 0.05) is 50.3 Å². The molecule has 0 radical (unpaired) electrons. The second-order valence-corrected chi connectivity index (χ2v) is 7.90. The fourth-order valence-electron chi connectivity index (χ4n) is 3.35. The molecule has 1 aliphatic rings. The van der Waals surface area contributed by atoms with E-state index in [1.54, 1.807) is 11.3 Å². The number of halogens is 1. The van der Waals surface area contributed by atoms with Gasteiger partial charge in [0.2, 0.25) is 0 Å². The number of nitrogens with zero attached hydrogens (tertiary/aromatic N) is 3. The second-order valence-electron chi connectivity index (χ2n) is 6.90. The molecule has 0 spiro atoms. The molecule has 2 heterocycles. The first-order chi connectivity index (χ1) is 13.3. The molecule has 1 aromatic heterocycles. The minimum Gasteiger partial charge on any atom is -0.369 e. The Morgan fingerprint density at radius 2 is 1.82 bits per heavy atom. The number of hydrogen-bond donors (Lipinski definition) is 2. The maximum atomic E-state index is 4.32. The molecule has 28 heavy (non-hydrogen) atoms. The van der Waals surface area contributed by atoms with Crippen molar-refractivity contribution in [1.82, 2.24) is 15.5 Å². The molecule has 3 rings (SSSR count). The van der Waals surface area contributed by atoms with Crippen LogP contribution in [0.5, 0.6) is 0 Å². The van der Waals surface area contributed by atoms with E-state index >= 15 is 0 Å². The van der Waals surface area contributed by atoms with E-state index in [1.165, 1.54) is 16.1 Å². The molecule has 2 aromatic rings. The highest BCUT2D eigenvalue weighted by atomic mass is 127. The summed E-state index contributed by atoms with van der Waals surface area (Å²) in [4.78, 5) is 10.7. The number of para-hydroxylation sites is 1. The lowest BCUT2D eigenvalue weighted by atomic mass is 10.2. The average Bonchev–Trinajstić information content (AvgIpc) is 3.13. The molecule has 7 heteroatoms. The molecule has 154 valence electrons. The minimum atomic E-state index is 0. The maximum absolute atomic E-state index is 4.32. The van der Waals surface area contributed by atoms with Crippen LogP contribution in [0.1, 0.15) is 16.9 Å². The molecule has 0 atom stereocenters. The van der Waals surface area contributed by atoms with Crippen LogP contribution in [-0.4, -0.2) is 57.2 Å². The van der Waals surface area contributed by atoms with Crippen molar-refractivity contribution in [1.29, 1.82) is 0 Å². The van der Waals surface area contributed by atoms with Crippen molar-refractivity contribution in [3.05, 3.63) is 52.2 Å². The summed E-state index contributed by atoms with van der Waals surface area (Å²) in [7, 11) is 1.83. The van der Waals surface area contributed by atoms with Crippen LogP contribution in [0.15, 0.2) is 46.8 Å². The van der Waals surface area contributed by atoms with Crippen LogP contribution in [-0.2, 0) is 6.54 Å². The third kappa shape index (κ3) is 6.93. The zero-order valence-electron chi connectivity index (χ0n) is 16.9. The Balaban J connectivity index is 0.00000280. The standard InChI is InChI=1S/C21H31N5S.HI/c1-18-9-16-27-20(18)17-24-21(22-2)23-10-6-11-25-12-14-26(15-13-25)19-7-4-3-5-8-19;/h3-5,7-9,16H,6,10-15,17H2,1-2H3,(H2,22,23,24);1H. The molecular formula is C21H32IN5S. The zero-order valence-corrected chi connectivity index (χ0v) is 20.0. The molecule has 0 unspecified atom stereocenters. The lowest BCUT2D eigenvalue weighted by molar-refractivity contribution is 0.255. The van der Waals surface area contributed by atoms with Gasteiger partial charge < -0.3 is 15.5 Å². The normalized spacial score (nSPS) is 15.2. The molecule has 0 amide bonds. The van der Waals surface area contributed by atoms with Gasteiger partial charge in [-0.15, -0.1) is 35.3 Å². The van der Waals surface area contributed by atoms with E-state index in [9.17, 15) is 0 Å². The molecule has 1 aliphatic heterocycles. The largest absolute Gasteiger partial charge is 0.369 e. The van der Waals surface area contributed by atoms with Crippen LogP contribution in [0.4, 0.5) is 5.69 Å². The van der Waals surface area contributed by atoms with Crippen LogP contribution in [0.2, 0.25) is 0 Å². The van der Waals surface area contributed by atoms with Gasteiger partial charge in [-0.3, -0.25) is 9.89 Å². The Hall–Kier alpha value is -1.32. The van der Waals surface area contributed by atoms with Gasteiger partial charge in [0.25, 0.3) is 0 Å². The highest BCUT2D eigenvalue weighted by Gasteiger charge is 2.16. The number of aliphatic imine (C=N–C) groups is 1. The molecule has 1 fully saturated rings. The lowest BCUT2D eigenvalue weighted by Crippen LogP contribution is -2.47. The Bertz CT molecular complexity index is 711. The molecule has 1 aromatic carbocycles. The highest BCUT2D eigenvalue weighted by molar-refractivity contribution is 14.0. The quantitative estimate of drug-likeness (QED) is 0.257. The first-order valence-electron chi connectivity index (χ1n) is 9.76. The molecule has 2 N–H and O–H groups in total. The Morgan fingerprint density at radius 3 is 2.46 bits per heavy atom. The first-order valence-corrected chi connectivity index (χ1v) is 10.6. The van der Waals surface area contributed by atoms with Gasteiger partial charge in [-0.2, -0.15) is 0 Å². The monoisotopic (exact) mass is 513 g/mol. The van der Waals surface area contributed by atoms with E-state index < -0.39 is 0 Å². The van der Waals surface area contributed by atoms with Gasteiger partial charge in [-0.05, 0) is 49.0 Å². The third-order valence-electron chi connectivity index (χ3n) is 5.05. The summed E-state index contributed by atoms with van der Waals surface area (Å²) in [6.07, 6.45) is 1.13. The topological polar surface area (TPSA) is 42.9 Å². The Kier molecular flexibility index (Phi) is 10.1. The van der Waals surface area contributed by atoms with Gasteiger partial charge in [-0.1, -0.05) is 18.2 Å². The number of thiophene rings is 1.